The van der Waals surface area contributed by atoms with Gasteiger partial charge in [-0.05, 0) is 38.6 Å². The van der Waals surface area contributed by atoms with Crippen molar-refractivity contribution < 1.29 is 15.1 Å². The Morgan fingerprint density at radius 2 is 1.36 bits per heavy atom. The third-order valence-corrected chi connectivity index (χ3v) is 4.96. The molecular formula is C22H30N2O4. The molecule has 0 heterocycles. The van der Waals surface area contributed by atoms with E-state index in [1.165, 1.54) is 0 Å². The second-order valence-electron chi connectivity index (χ2n) is 7.41. The highest BCUT2D eigenvalue weighted by molar-refractivity contribution is 5.95. The van der Waals surface area contributed by atoms with E-state index in [9.17, 15) is 4.79 Å². The molecule has 1 unspecified atom stereocenters. The first kappa shape index (κ1) is 23.3. The highest BCUT2D eigenvalue weighted by Crippen LogP contribution is 2.40. The van der Waals surface area contributed by atoms with Crippen molar-refractivity contribution in [2.45, 2.75) is 38.6 Å². The summed E-state index contributed by atoms with van der Waals surface area (Å²) in [5.74, 6) is 0.258. The lowest BCUT2D eigenvalue weighted by atomic mass is 9.65. The van der Waals surface area contributed by atoms with Crippen molar-refractivity contribution in [2.75, 3.05) is 14.1 Å². The molecule has 2 aromatic carbocycles. The molecule has 2 aromatic rings. The first-order valence-electron chi connectivity index (χ1n) is 9.28. The zero-order chi connectivity index (χ0) is 21.3. The van der Waals surface area contributed by atoms with Crippen LogP contribution < -0.4 is 0 Å². The van der Waals surface area contributed by atoms with E-state index in [0.29, 0.717) is 0 Å². The molecule has 0 amide bonds. The molecule has 0 aliphatic rings. The number of hydrogen-bond donors (Lipinski definition) is 1. The lowest BCUT2D eigenvalue weighted by Crippen LogP contribution is -2.45. The van der Waals surface area contributed by atoms with E-state index in [0.717, 1.165) is 17.5 Å². The highest BCUT2D eigenvalue weighted by Gasteiger charge is 2.43. The van der Waals surface area contributed by atoms with Crippen LogP contribution in [0.15, 0.2) is 60.7 Å². The fraction of sp³-hybridized carbons (Fsp3) is 0.409. The maximum absolute atomic E-state index is 13.5. The van der Waals surface area contributed by atoms with Gasteiger partial charge in [-0.25, -0.2) is 0 Å². The Morgan fingerprint density at radius 1 is 1.00 bits per heavy atom. The Labute approximate surface area is 166 Å². The molecule has 1 N–H and O–H groups in total. The summed E-state index contributed by atoms with van der Waals surface area (Å²) in [5, 5.41) is 13.6. The molecule has 0 fully saturated rings. The molecule has 0 aromatic heterocycles. The van der Waals surface area contributed by atoms with Crippen LogP contribution in [-0.4, -0.2) is 41.1 Å². The van der Waals surface area contributed by atoms with E-state index in [4.69, 9.17) is 15.3 Å². The van der Waals surface area contributed by atoms with Crippen molar-refractivity contribution in [1.29, 1.82) is 0 Å². The number of carbonyl (C=O) groups is 1. The van der Waals surface area contributed by atoms with Crippen LogP contribution in [0.1, 0.15) is 38.3 Å². The van der Waals surface area contributed by atoms with Crippen molar-refractivity contribution in [1.82, 2.24) is 4.90 Å². The Balaban J connectivity index is 0.000000892. The van der Waals surface area contributed by atoms with E-state index in [1.807, 2.05) is 50.2 Å². The zero-order valence-electron chi connectivity index (χ0n) is 17.2. The van der Waals surface area contributed by atoms with Crippen LogP contribution in [0.5, 0.6) is 0 Å². The van der Waals surface area contributed by atoms with E-state index in [2.05, 4.69) is 50.2 Å². The Hall–Kier alpha value is -2.73. The summed E-state index contributed by atoms with van der Waals surface area (Å²) in [4.78, 5) is 24.1. The number of carbonyl (C=O) groups excluding carboxylic acids is 1. The maximum atomic E-state index is 13.5. The van der Waals surface area contributed by atoms with Gasteiger partial charge in [0.15, 0.2) is 0 Å². The zero-order valence-corrected chi connectivity index (χ0v) is 17.2. The molecule has 152 valence electrons. The molecule has 0 bridgehead atoms. The number of benzene rings is 2. The van der Waals surface area contributed by atoms with Gasteiger partial charge in [0.1, 0.15) is 5.78 Å². The third-order valence-electron chi connectivity index (χ3n) is 4.96. The minimum Gasteiger partial charge on any atom is -0.328 e. The van der Waals surface area contributed by atoms with Crippen LogP contribution >= 0.6 is 0 Å². The van der Waals surface area contributed by atoms with E-state index in [-0.39, 0.29) is 17.7 Å². The van der Waals surface area contributed by atoms with Gasteiger partial charge < -0.3 is 10.1 Å². The van der Waals surface area contributed by atoms with Gasteiger partial charge >= 0.3 is 0 Å². The summed E-state index contributed by atoms with van der Waals surface area (Å²) in [6.45, 7) is 6.20. The average molecular weight is 386 g/mol. The standard InChI is InChI=1S/C22H29NO.HNO3/c1-17(2)21(24)22(16-18(3)23(4)5,19-12-8-6-9-13-19)20-14-10-7-11-15-20;2-1(3)4/h6-15,17-18H,16H2,1-5H3;(H,2,3,4). The molecule has 6 nitrogen and oxygen atoms in total. The van der Waals surface area contributed by atoms with Crippen LogP contribution in [0.2, 0.25) is 0 Å². The molecular weight excluding hydrogens is 356 g/mol. The van der Waals surface area contributed by atoms with Crippen molar-refractivity contribution in [2.24, 2.45) is 5.92 Å². The van der Waals surface area contributed by atoms with Crippen molar-refractivity contribution in [3.8, 4) is 0 Å². The number of nitrogens with zero attached hydrogens (tertiary/aromatic N) is 2. The summed E-state index contributed by atoms with van der Waals surface area (Å²) in [7, 11) is 4.15. The summed E-state index contributed by atoms with van der Waals surface area (Å²) < 4.78 is 0. The van der Waals surface area contributed by atoms with Crippen LogP contribution in [0.3, 0.4) is 0 Å². The van der Waals surface area contributed by atoms with Gasteiger partial charge in [-0.2, -0.15) is 0 Å². The number of Topliss-reactive ketones (excluding diaryl/α,β-unsaturated/α-hetero) is 1. The number of hydrogen-bond acceptors (Lipinski definition) is 4. The first-order valence-corrected chi connectivity index (χ1v) is 9.28. The molecule has 0 aliphatic carbocycles. The Bertz CT molecular complexity index is 702. The van der Waals surface area contributed by atoms with Crippen LogP contribution in [-0.2, 0) is 10.2 Å². The lowest BCUT2D eigenvalue weighted by molar-refractivity contribution is -0.742. The molecule has 0 saturated heterocycles. The van der Waals surface area contributed by atoms with E-state index < -0.39 is 10.5 Å². The second kappa shape index (κ2) is 10.6. The first-order chi connectivity index (χ1) is 13.1. The molecule has 6 heteroatoms. The third kappa shape index (κ3) is 5.89. The van der Waals surface area contributed by atoms with Gasteiger partial charge in [0.2, 0.25) is 0 Å². The molecule has 0 aliphatic heterocycles. The smallest absolute Gasteiger partial charge is 0.291 e. The molecule has 0 radical (unpaired) electrons. The van der Waals surface area contributed by atoms with Gasteiger partial charge in [-0.1, -0.05) is 74.5 Å². The van der Waals surface area contributed by atoms with Gasteiger partial charge in [0.05, 0.1) is 5.41 Å². The average Bonchev–Trinajstić information content (AvgIpc) is 2.66. The van der Waals surface area contributed by atoms with Crippen LogP contribution in [0, 0.1) is 16.0 Å². The van der Waals surface area contributed by atoms with E-state index >= 15 is 0 Å². The number of rotatable bonds is 7. The summed E-state index contributed by atoms with van der Waals surface area (Å²) in [5.41, 5.74) is 1.56. The summed E-state index contributed by atoms with van der Waals surface area (Å²) in [6, 6.07) is 20.8. The highest BCUT2D eigenvalue weighted by atomic mass is 16.9. The minimum absolute atomic E-state index is 0.0280. The van der Waals surface area contributed by atoms with Crippen LogP contribution in [0.25, 0.3) is 0 Å². The monoisotopic (exact) mass is 386 g/mol. The van der Waals surface area contributed by atoms with Gasteiger partial charge in [0, 0.05) is 12.0 Å². The molecule has 0 saturated carbocycles. The SMILES string of the molecule is CC(C)C(=O)C(CC(C)N(C)C)(c1ccccc1)c1ccccc1.O=[N+]([O-])O. The van der Waals surface area contributed by atoms with Crippen molar-refractivity contribution in [3.05, 3.63) is 81.9 Å². The summed E-state index contributed by atoms with van der Waals surface area (Å²) in [6.07, 6.45) is 0.769. The second-order valence-corrected chi connectivity index (χ2v) is 7.41. The van der Waals surface area contributed by atoms with Gasteiger partial charge in [-0.15, -0.1) is 10.1 Å². The fourth-order valence-electron chi connectivity index (χ4n) is 3.35. The molecule has 28 heavy (non-hydrogen) atoms. The Morgan fingerprint density at radius 3 is 1.64 bits per heavy atom. The Kier molecular flexibility index (Phi) is 8.79. The van der Waals surface area contributed by atoms with Gasteiger partial charge in [-0.3, -0.25) is 4.79 Å². The predicted molar refractivity (Wildman–Crippen MR) is 110 cm³/mol. The minimum atomic E-state index is -1.50. The van der Waals surface area contributed by atoms with Crippen molar-refractivity contribution in [3.63, 3.8) is 0 Å². The normalized spacial score (nSPS) is 12.2. The fourth-order valence-corrected chi connectivity index (χ4v) is 3.35. The van der Waals surface area contributed by atoms with Crippen LogP contribution in [0.4, 0.5) is 0 Å². The lowest BCUT2D eigenvalue weighted by Gasteiger charge is -2.38. The van der Waals surface area contributed by atoms with Gasteiger partial charge in [0.25, 0.3) is 5.09 Å². The summed E-state index contributed by atoms with van der Waals surface area (Å²) >= 11 is 0. The molecule has 1 atom stereocenters. The topological polar surface area (TPSA) is 83.7 Å². The molecule has 2 rings (SSSR count). The quantitative estimate of drug-likeness (QED) is 0.570. The van der Waals surface area contributed by atoms with E-state index in [1.54, 1.807) is 0 Å². The largest absolute Gasteiger partial charge is 0.328 e. The van der Waals surface area contributed by atoms with Crippen molar-refractivity contribution >= 4 is 5.78 Å². The maximum Gasteiger partial charge on any atom is 0.291 e. The number of ketones is 1. The predicted octanol–water partition coefficient (Wildman–Crippen LogP) is 4.19. The molecule has 0 spiro atoms.